The topological polar surface area (TPSA) is 93.0 Å². The summed E-state index contributed by atoms with van der Waals surface area (Å²) in [5.41, 5.74) is 0.798. The number of rotatable bonds is 6. The van der Waals surface area contributed by atoms with E-state index in [1.807, 2.05) is 6.07 Å². The van der Waals surface area contributed by atoms with Crippen molar-refractivity contribution in [3.63, 3.8) is 0 Å². The standard InChI is InChI=1S/C25H23F3N2O5/c1-23(4-5-23)20-9-13-8-16(15(26)11-17(13)30(20)12-21(31)32)29-22(33)24(6-7-24)14-2-3-18-19(10-14)35-25(27,28)34-18/h2-3,8-11,21,31-32H,4-7,12H2,1H3,(H,29,33). The molecule has 6 rings (SSSR count). The lowest BCUT2D eigenvalue weighted by molar-refractivity contribution is -0.286. The average Bonchev–Trinajstić information content (AvgIpc) is 3.67. The summed E-state index contributed by atoms with van der Waals surface area (Å²) in [6.07, 6.45) is -2.50. The first-order valence-corrected chi connectivity index (χ1v) is 11.4. The van der Waals surface area contributed by atoms with Crippen molar-refractivity contribution in [1.82, 2.24) is 4.57 Å². The molecule has 3 N–H and O–H groups in total. The molecule has 2 aliphatic carbocycles. The van der Waals surface area contributed by atoms with E-state index in [4.69, 9.17) is 0 Å². The van der Waals surface area contributed by atoms with Gasteiger partial charge in [0.25, 0.3) is 0 Å². The van der Waals surface area contributed by atoms with E-state index in [1.165, 1.54) is 24.3 Å². The molecule has 0 spiro atoms. The monoisotopic (exact) mass is 488 g/mol. The minimum Gasteiger partial charge on any atom is -0.395 e. The van der Waals surface area contributed by atoms with Crippen LogP contribution in [0.3, 0.4) is 0 Å². The van der Waals surface area contributed by atoms with Crippen molar-refractivity contribution >= 4 is 22.5 Å². The molecular weight excluding hydrogens is 465 g/mol. The summed E-state index contributed by atoms with van der Waals surface area (Å²) in [4.78, 5) is 13.2. The van der Waals surface area contributed by atoms with Gasteiger partial charge in [0.2, 0.25) is 5.91 Å². The van der Waals surface area contributed by atoms with Crippen LogP contribution >= 0.6 is 0 Å². The number of nitrogens with zero attached hydrogens (tertiary/aromatic N) is 1. The fourth-order valence-electron chi connectivity index (χ4n) is 4.94. The van der Waals surface area contributed by atoms with E-state index in [0.29, 0.717) is 29.3 Å². The Balaban J connectivity index is 1.31. The highest BCUT2D eigenvalue weighted by Crippen LogP contribution is 2.53. The van der Waals surface area contributed by atoms with Crippen molar-refractivity contribution in [3.05, 3.63) is 53.5 Å². The minimum absolute atomic E-state index is 0.00440. The van der Waals surface area contributed by atoms with Crippen LogP contribution in [0.15, 0.2) is 36.4 Å². The van der Waals surface area contributed by atoms with Crippen LogP contribution in [0.5, 0.6) is 11.5 Å². The lowest BCUT2D eigenvalue weighted by Gasteiger charge is -2.17. The third kappa shape index (κ3) is 3.63. The molecule has 35 heavy (non-hydrogen) atoms. The summed E-state index contributed by atoms with van der Waals surface area (Å²) >= 11 is 0. The fraction of sp³-hybridized carbons (Fsp3) is 0.400. The van der Waals surface area contributed by atoms with Crippen molar-refractivity contribution in [2.45, 2.75) is 62.6 Å². The molecule has 0 unspecified atom stereocenters. The number of carbonyl (C=O) groups excluding carboxylic acids is 1. The van der Waals surface area contributed by atoms with Crippen molar-refractivity contribution in [2.24, 2.45) is 0 Å². The van der Waals surface area contributed by atoms with Gasteiger partial charge in [0.05, 0.1) is 23.2 Å². The molecule has 1 amide bonds. The van der Waals surface area contributed by atoms with Crippen LogP contribution in [0.1, 0.15) is 43.9 Å². The maximum Gasteiger partial charge on any atom is 0.586 e. The number of ether oxygens (including phenoxy) is 2. The second-order valence-electron chi connectivity index (χ2n) is 9.94. The average molecular weight is 488 g/mol. The zero-order chi connectivity index (χ0) is 24.8. The van der Waals surface area contributed by atoms with Gasteiger partial charge >= 0.3 is 6.29 Å². The SMILES string of the molecule is CC1(c2cc3cc(NC(=O)C4(c5ccc6c(c5)OC(F)(F)O6)CC4)c(F)cc3n2CC(O)O)CC1. The van der Waals surface area contributed by atoms with Crippen molar-refractivity contribution < 1.29 is 37.7 Å². The summed E-state index contributed by atoms with van der Waals surface area (Å²) in [6, 6.07) is 8.96. The Bertz CT molecular complexity index is 1380. The normalized spacial score (nSPS) is 20.3. The highest BCUT2D eigenvalue weighted by atomic mass is 19.3. The number of hydrogen-bond donors (Lipinski definition) is 3. The zero-order valence-electron chi connectivity index (χ0n) is 18.8. The minimum atomic E-state index is -3.75. The lowest BCUT2D eigenvalue weighted by atomic mass is 9.94. The van der Waals surface area contributed by atoms with Gasteiger partial charge in [0.1, 0.15) is 5.82 Å². The smallest absolute Gasteiger partial charge is 0.395 e. The third-order valence-electron chi connectivity index (χ3n) is 7.34. The Labute approximate surface area is 198 Å². The number of aliphatic hydroxyl groups is 2. The summed E-state index contributed by atoms with van der Waals surface area (Å²) < 4.78 is 52.5. The Morgan fingerprint density at radius 3 is 2.46 bits per heavy atom. The predicted octanol–water partition coefficient (Wildman–Crippen LogP) is 4.13. The molecule has 1 aromatic heterocycles. The van der Waals surface area contributed by atoms with Crippen LogP contribution in [0.25, 0.3) is 10.9 Å². The van der Waals surface area contributed by atoms with E-state index >= 15 is 4.39 Å². The molecule has 3 aliphatic rings. The van der Waals surface area contributed by atoms with Gasteiger partial charge in [-0.1, -0.05) is 13.0 Å². The van der Waals surface area contributed by atoms with Crippen LogP contribution in [0, 0.1) is 5.82 Å². The molecular formula is C25H23F3N2O5. The number of amides is 1. The molecule has 0 atom stereocenters. The number of anilines is 1. The molecule has 2 saturated carbocycles. The maximum absolute atomic E-state index is 15.1. The number of aliphatic hydroxyl groups excluding tert-OH is 1. The van der Waals surface area contributed by atoms with Crippen molar-refractivity contribution in [3.8, 4) is 11.5 Å². The van der Waals surface area contributed by atoms with Gasteiger partial charge in [-0.25, -0.2) is 4.39 Å². The molecule has 7 nitrogen and oxygen atoms in total. The first-order chi connectivity index (χ1) is 16.5. The number of fused-ring (bicyclic) bond motifs is 2. The van der Waals surface area contributed by atoms with Gasteiger partial charge in [0.15, 0.2) is 17.8 Å². The molecule has 10 heteroatoms. The van der Waals surface area contributed by atoms with Crippen LogP contribution < -0.4 is 14.8 Å². The number of carbonyl (C=O) groups is 1. The number of alkyl halides is 2. The van der Waals surface area contributed by atoms with Crippen LogP contribution in [-0.2, 0) is 22.2 Å². The van der Waals surface area contributed by atoms with E-state index < -0.39 is 29.7 Å². The van der Waals surface area contributed by atoms with Gasteiger partial charge in [0, 0.05) is 22.6 Å². The Morgan fingerprint density at radius 1 is 1.09 bits per heavy atom. The molecule has 2 fully saturated rings. The Morgan fingerprint density at radius 2 is 1.80 bits per heavy atom. The van der Waals surface area contributed by atoms with Crippen LogP contribution in [0.4, 0.5) is 18.9 Å². The second-order valence-corrected chi connectivity index (χ2v) is 9.94. The molecule has 184 valence electrons. The Hall–Kier alpha value is -3.24. The largest absolute Gasteiger partial charge is 0.586 e. The number of halogens is 3. The maximum atomic E-state index is 15.1. The number of aromatic nitrogens is 1. The Kier molecular flexibility index (Phi) is 4.54. The predicted molar refractivity (Wildman–Crippen MR) is 119 cm³/mol. The molecule has 0 radical (unpaired) electrons. The van der Waals surface area contributed by atoms with E-state index in [-0.39, 0.29) is 29.1 Å². The third-order valence-corrected chi connectivity index (χ3v) is 7.34. The molecule has 2 heterocycles. The van der Waals surface area contributed by atoms with Gasteiger partial charge in [-0.2, -0.15) is 0 Å². The quantitative estimate of drug-likeness (QED) is 0.454. The zero-order valence-corrected chi connectivity index (χ0v) is 18.8. The van der Waals surface area contributed by atoms with E-state index in [1.54, 1.807) is 10.6 Å². The first kappa shape index (κ1) is 22.2. The molecule has 0 saturated heterocycles. The van der Waals surface area contributed by atoms with Crippen molar-refractivity contribution in [1.29, 1.82) is 0 Å². The highest BCUT2D eigenvalue weighted by molar-refractivity contribution is 6.03. The summed E-state index contributed by atoms with van der Waals surface area (Å²) in [6.45, 7) is 1.98. The lowest BCUT2D eigenvalue weighted by Crippen LogP contribution is -2.28. The van der Waals surface area contributed by atoms with Gasteiger partial charge in [-0.3, -0.25) is 4.79 Å². The fourth-order valence-corrected chi connectivity index (χ4v) is 4.94. The van der Waals surface area contributed by atoms with Crippen LogP contribution in [0.2, 0.25) is 0 Å². The van der Waals surface area contributed by atoms with E-state index in [2.05, 4.69) is 21.7 Å². The summed E-state index contributed by atoms with van der Waals surface area (Å²) in [5.74, 6) is -1.36. The molecule has 3 aromatic rings. The molecule has 2 aromatic carbocycles. The number of hydrogen-bond acceptors (Lipinski definition) is 5. The molecule has 1 aliphatic heterocycles. The summed E-state index contributed by atoms with van der Waals surface area (Å²) in [5, 5.41) is 22.4. The highest BCUT2D eigenvalue weighted by Gasteiger charge is 2.53. The van der Waals surface area contributed by atoms with Gasteiger partial charge in [-0.15, -0.1) is 8.78 Å². The molecule has 0 bridgehead atoms. The number of nitrogens with one attached hydrogen (secondary N) is 1. The second kappa shape index (κ2) is 7.14. The van der Waals surface area contributed by atoms with Gasteiger partial charge in [-0.05, 0) is 55.5 Å². The number of benzene rings is 2. The first-order valence-electron chi connectivity index (χ1n) is 11.4. The van der Waals surface area contributed by atoms with Gasteiger partial charge < -0.3 is 29.6 Å². The summed E-state index contributed by atoms with van der Waals surface area (Å²) in [7, 11) is 0. The van der Waals surface area contributed by atoms with Crippen LogP contribution in [-0.4, -0.2) is 33.3 Å². The van der Waals surface area contributed by atoms with Crippen molar-refractivity contribution in [2.75, 3.05) is 5.32 Å². The van der Waals surface area contributed by atoms with E-state index in [0.717, 1.165) is 18.5 Å². The van der Waals surface area contributed by atoms with E-state index in [9.17, 15) is 23.8 Å².